The number of ether oxygens (including phenoxy) is 2. The molecule has 0 bridgehead atoms. The Balaban J connectivity index is 1.79. The summed E-state index contributed by atoms with van der Waals surface area (Å²) in [5, 5.41) is 15.0. The van der Waals surface area contributed by atoms with Crippen LogP contribution in [0.4, 0.5) is 0 Å². The largest absolute Gasteiger partial charge is 0.485 e. The molecule has 8 nitrogen and oxygen atoms in total. The van der Waals surface area contributed by atoms with Gasteiger partial charge in [0.15, 0.2) is 11.5 Å². The molecule has 8 heteroatoms. The van der Waals surface area contributed by atoms with Crippen LogP contribution in [0, 0.1) is 5.92 Å². The summed E-state index contributed by atoms with van der Waals surface area (Å²) < 4.78 is 12.1. The van der Waals surface area contributed by atoms with Crippen molar-refractivity contribution in [1.82, 2.24) is 10.6 Å². The quantitative estimate of drug-likeness (QED) is 0.314. The van der Waals surface area contributed by atoms with Crippen LogP contribution in [0.3, 0.4) is 0 Å². The second-order valence-electron chi connectivity index (χ2n) is 9.36. The van der Waals surface area contributed by atoms with Crippen LogP contribution >= 0.6 is 0 Å². The van der Waals surface area contributed by atoms with E-state index in [1.807, 2.05) is 60.7 Å². The molecule has 0 fully saturated rings. The molecule has 0 saturated carbocycles. The van der Waals surface area contributed by atoms with Crippen LogP contribution in [0.1, 0.15) is 37.5 Å². The Labute approximate surface area is 223 Å². The first-order chi connectivity index (χ1) is 18.2. The van der Waals surface area contributed by atoms with E-state index in [0.29, 0.717) is 30.3 Å². The fourth-order valence-corrected chi connectivity index (χ4v) is 3.83. The van der Waals surface area contributed by atoms with Gasteiger partial charge in [-0.05, 0) is 34.7 Å². The molecule has 3 rings (SSSR count). The molecule has 0 aromatic heterocycles. The summed E-state index contributed by atoms with van der Waals surface area (Å²) in [6.45, 7) is 5.52. The van der Waals surface area contributed by atoms with Gasteiger partial charge >= 0.3 is 5.97 Å². The van der Waals surface area contributed by atoms with E-state index < -0.39 is 24.0 Å². The minimum absolute atomic E-state index is 0.0205. The first kappa shape index (κ1) is 28.2. The van der Waals surface area contributed by atoms with Crippen LogP contribution in [-0.4, -0.2) is 35.0 Å². The average molecular weight is 519 g/mol. The van der Waals surface area contributed by atoms with E-state index in [1.54, 1.807) is 32.0 Å². The summed E-state index contributed by atoms with van der Waals surface area (Å²) in [5.41, 5.74) is 2.62. The van der Waals surface area contributed by atoms with Crippen molar-refractivity contribution in [3.63, 3.8) is 0 Å². The van der Waals surface area contributed by atoms with E-state index in [9.17, 15) is 19.5 Å². The van der Waals surface area contributed by atoms with E-state index >= 15 is 0 Å². The number of hydrogen-bond donors (Lipinski definition) is 3. The van der Waals surface area contributed by atoms with Gasteiger partial charge in [0.1, 0.15) is 25.3 Å². The monoisotopic (exact) mass is 518 g/mol. The smallest absolute Gasteiger partial charge is 0.326 e. The van der Waals surface area contributed by atoms with Crippen molar-refractivity contribution in [2.75, 3.05) is 0 Å². The summed E-state index contributed by atoms with van der Waals surface area (Å²) in [6, 6.07) is 22.6. The number of hydrogen-bond acceptors (Lipinski definition) is 5. The summed E-state index contributed by atoms with van der Waals surface area (Å²) >= 11 is 0. The number of carbonyl (C=O) groups is 3. The average Bonchev–Trinajstić information content (AvgIpc) is 2.90. The molecular formula is C30H34N2O6. The topological polar surface area (TPSA) is 114 Å². The lowest BCUT2D eigenvalue weighted by atomic mass is 10.0. The van der Waals surface area contributed by atoms with Gasteiger partial charge in [-0.15, -0.1) is 0 Å². The van der Waals surface area contributed by atoms with Crippen molar-refractivity contribution in [1.29, 1.82) is 0 Å². The third-order valence-electron chi connectivity index (χ3n) is 5.84. The maximum atomic E-state index is 12.8. The molecule has 0 spiro atoms. The molecule has 200 valence electrons. The molecule has 0 saturated heterocycles. The Morgan fingerprint density at radius 3 is 1.82 bits per heavy atom. The predicted octanol–water partition coefficient (Wildman–Crippen LogP) is 4.12. The predicted molar refractivity (Wildman–Crippen MR) is 144 cm³/mol. The fraction of sp³-hybridized carbons (Fsp3) is 0.300. The number of carboxylic acids is 1. The Hall–Kier alpha value is -4.33. The molecule has 0 aliphatic rings. The van der Waals surface area contributed by atoms with Crippen molar-refractivity contribution in [3.05, 3.63) is 95.6 Å². The first-order valence-electron chi connectivity index (χ1n) is 12.5. The van der Waals surface area contributed by atoms with Gasteiger partial charge in [0, 0.05) is 13.3 Å². The van der Waals surface area contributed by atoms with Crippen molar-refractivity contribution in [2.24, 2.45) is 5.92 Å². The summed E-state index contributed by atoms with van der Waals surface area (Å²) in [6.07, 6.45) is 0.0205. The minimum atomic E-state index is -1.20. The maximum Gasteiger partial charge on any atom is 0.326 e. The number of aliphatic carboxylic acids is 1. The lowest BCUT2D eigenvalue weighted by Crippen LogP contribution is -2.53. The van der Waals surface area contributed by atoms with Crippen LogP contribution in [0.25, 0.3) is 0 Å². The Morgan fingerprint density at radius 1 is 0.763 bits per heavy atom. The minimum Gasteiger partial charge on any atom is -0.485 e. The van der Waals surface area contributed by atoms with Crippen LogP contribution in [0.2, 0.25) is 0 Å². The third kappa shape index (κ3) is 8.65. The SMILES string of the molecule is CC(=O)N[C@@H](C(=O)N[C@H](Cc1ccc(OCc2ccccc2)c(OCc2ccccc2)c1)C(=O)O)C(C)C. The summed E-state index contributed by atoms with van der Waals surface area (Å²) in [4.78, 5) is 36.3. The van der Waals surface area contributed by atoms with Gasteiger partial charge < -0.3 is 25.2 Å². The molecule has 3 aromatic rings. The lowest BCUT2D eigenvalue weighted by Gasteiger charge is -2.23. The van der Waals surface area contributed by atoms with E-state index in [1.165, 1.54) is 6.92 Å². The molecule has 0 radical (unpaired) electrons. The lowest BCUT2D eigenvalue weighted by molar-refractivity contribution is -0.142. The Bertz CT molecular complexity index is 1210. The van der Waals surface area contributed by atoms with Gasteiger partial charge in [-0.2, -0.15) is 0 Å². The molecule has 2 amide bonds. The fourth-order valence-electron chi connectivity index (χ4n) is 3.83. The van der Waals surface area contributed by atoms with E-state index in [-0.39, 0.29) is 18.2 Å². The van der Waals surface area contributed by atoms with Crippen LogP contribution in [0.15, 0.2) is 78.9 Å². The van der Waals surface area contributed by atoms with Gasteiger partial charge in [0.25, 0.3) is 0 Å². The number of benzene rings is 3. The number of rotatable bonds is 13. The van der Waals surface area contributed by atoms with E-state index in [0.717, 1.165) is 11.1 Å². The molecule has 3 aromatic carbocycles. The second kappa shape index (κ2) is 13.8. The highest BCUT2D eigenvalue weighted by molar-refractivity contribution is 5.90. The van der Waals surface area contributed by atoms with Crippen molar-refractivity contribution >= 4 is 17.8 Å². The Kier molecular flexibility index (Phi) is 10.3. The molecule has 3 N–H and O–H groups in total. The van der Waals surface area contributed by atoms with Gasteiger partial charge in [0.2, 0.25) is 11.8 Å². The highest BCUT2D eigenvalue weighted by Crippen LogP contribution is 2.30. The zero-order valence-corrected chi connectivity index (χ0v) is 21.8. The second-order valence-corrected chi connectivity index (χ2v) is 9.36. The highest BCUT2D eigenvalue weighted by Gasteiger charge is 2.28. The highest BCUT2D eigenvalue weighted by atomic mass is 16.5. The van der Waals surface area contributed by atoms with E-state index in [4.69, 9.17) is 9.47 Å². The van der Waals surface area contributed by atoms with Crippen molar-refractivity contribution < 1.29 is 29.0 Å². The molecule has 0 unspecified atom stereocenters. The summed E-state index contributed by atoms with van der Waals surface area (Å²) in [7, 11) is 0. The maximum absolute atomic E-state index is 12.8. The molecule has 0 heterocycles. The molecule has 2 atom stereocenters. The van der Waals surface area contributed by atoms with Crippen molar-refractivity contribution in [2.45, 2.75) is 52.5 Å². The molecule has 0 aliphatic carbocycles. The number of carbonyl (C=O) groups excluding carboxylic acids is 2. The number of carboxylic acid groups (broad SMARTS) is 1. The molecule has 0 aliphatic heterocycles. The third-order valence-corrected chi connectivity index (χ3v) is 5.84. The van der Waals surface area contributed by atoms with Crippen LogP contribution < -0.4 is 20.1 Å². The Morgan fingerprint density at radius 2 is 1.32 bits per heavy atom. The van der Waals surface area contributed by atoms with Gasteiger partial charge in [-0.25, -0.2) is 4.79 Å². The number of amides is 2. The first-order valence-corrected chi connectivity index (χ1v) is 12.5. The number of nitrogens with one attached hydrogen (secondary N) is 2. The molecule has 38 heavy (non-hydrogen) atoms. The van der Waals surface area contributed by atoms with Gasteiger partial charge in [-0.3, -0.25) is 9.59 Å². The van der Waals surface area contributed by atoms with Crippen LogP contribution in [-0.2, 0) is 34.0 Å². The standard InChI is InChI=1S/C30H34N2O6/c1-20(2)28(31-21(3)33)29(34)32-25(30(35)36)16-24-14-15-26(37-18-22-10-6-4-7-11-22)27(17-24)38-19-23-12-8-5-9-13-23/h4-15,17,20,25,28H,16,18-19H2,1-3H3,(H,31,33)(H,32,34)(H,35,36)/t25-,28-/m1/s1. The zero-order chi connectivity index (χ0) is 27.5. The molecular weight excluding hydrogens is 484 g/mol. The van der Waals surface area contributed by atoms with Gasteiger partial charge in [-0.1, -0.05) is 80.6 Å². The van der Waals surface area contributed by atoms with Gasteiger partial charge in [0.05, 0.1) is 0 Å². The van der Waals surface area contributed by atoms with Crippen molar-refractivity contribution in [3.8, 4) is 11.5 Å². The zero-order valence-electron chi connectivity index (χ0n) is 21.8. The van der Waals surface area contributed by atoms with Crippen LogP contribution in [0.5, 0.6) is 11.5 Å². The normalized spacial score (nSPS) is 12.3. The summed E-state index contributed by atoms with van der Waals surface area (Å²) in [5.74, 6) is -1.32. The van der Waals surface area contributed by atoms with E-state index in [2.05, 4.69) is 10.6 Å².